The minimum absolute atomic E-state index is 0.185. The van der Waals surface area contributed by atoms with Gasteiger partial charge in [0.25, 0.3) is 0 Å². The van der Waals surface area contributed by atoms with Gasteiger partial charge >= 0.3 is 5.97 Å². The fourth-order valence-corrected chi connectivity index (χ4v) is 1.83. The van der Waals surface area contributed by atoms with E-state index in [1.807, 2.05) is 29.1 Å². The third kappa shape index (κ3) is 3.98. The van der Waals surface area contributed by atoms with E-state index in [2.05, 4.69) is 15.3 Å². The van der Waals surface area contributed by atoms with E-state index in [-0.39, 0.29) is 18.7 Å². The number of amides is 1. The Kier molecular flexibility index (Phi) is 4.54. The summed E-state index contributed by atoms with van der Waals surface area (Å²) in [4.78, 5) is 29.5. The molecule has 0 saturated heterocycles. The highest BCUT2D eigenvalue weighted by Crippen LogP contribution is 2.00. The van der Waals surface area contributed by atoms with Crippen molar-refractivity contribution in [3.05, 3.63) is 42.7 Å². The van der Waals surface area contributed by atoms with E-state index in [9.17, 15) is 9.59 Å². The van der Waals surface area contributed by atoms with Crippen LogP contribution in [0.4, 0.5) is 0 Å². The summed E-state index contributed by atoms with van der Waals surface area (Å²) >= 11 is 0. The molecule has 0 radical (unpaired) electrons. The second-order valence-electron chi connectivity index (χ2n) is 4.41. The van der Waals surface area contributed by atoms with Gasteiger partial charge in [-0.05, 0) is 12.1 Å². The summed E-state index contributed by atoms with van der Waals surface area (Å²) in [7, 11) is 0. The van der Waals surface area contributed by atoms with Gasteiger partial charge in [0, 0.05) is 43.7 Å². The largest absolute Gasteiger partial charge is 0.480 e. The Morgan fingerprint density at radius 3 is 2.75 bits per heavy atom. The zero-order valence-electron chi connectivity index (χ0n) is 10.8. The molecule has 0 bridgehead atoms. The van der Waals surface area contributed by atoms with Crippen molar-refractivity contribution in [2.45, 2.75) is 25.4 Å². The minimum Gasteiger partial charge on any atom is -0.480 e. The predicted molar refractivity (Wildman–Crippen MR) is 70.9 cm³/mol. The topological polar surface area (TPSA) is 100 Å². The van der Waals surface area contributed by atoms with Crippen molar-refractivity contribution in [1.82, 2.24) is 19.9 Å². The fraction of sp³-hybridized carbons (Fsp3) is 0.308. The molecule has 7 nitrogen and oxygen atoms in total. The van der Waals surface area contributed by atoms with Gasteiger partial charge in [-0.3, -0.25) is 4.79 Å². The SMILES string of the molecule is O=C(CCn1cccc1)NC(Cc1cnc[nH]1)C(=O)O. The zero-order chi connectivity index (χ0) is 14.4. The summed E-state index contributed by atoms with van der Waals surface area (Å²) in [6.07, 6.45) is 7.15. The van der Waals surface area contributed by atoms with Gasteiger partial charge in [0.2, 0.25) is 5.91 Å². The highest BCUT2D eigenvalue weighted by atomic mass is 16.4. The van der Waals surface area contributed by atoms with Crippen LogP contribution in [0.25, 0.3) is 0 Å². The Morgan fingerprint density at radius 2 is 2.15 bits per heavy atom. The van der Waals surface area contributed by atoms with Crippen LogP contribution < -0.4 is 5.32 Å². The zero-order valence-corrected chi connectivity index (χ0v) is 10.8. The standard InChI is InChI=1S/C13H16N4O3/c18-12(3-6-17-4-1-2-5-17)16-11(13(19)20)7-10-8-14-9-15-10/h1-2,4-5,8-9,11H,3,6-7H2,(H,14,15)(H,16,18)(H,19,20). The number of H-pyrrole nitrogens is 1. The van der Waals surface area contributed by atoms with E-state index in [1.54, 1.807) is 6.20 Å². The maximum atomic E-state index is 11.8. The molecule has 1 unspecified atom stereocenters. The van der Waals surface area contributed by atoms with Crippen LogP contribution in [0.3, 0.4) is 0 Å². The van der Waals surface area contributed by atoms with E-state index < -0.39 is 12.0 Å². The number of rotatable bonds is 7. The molecule has 0 aliphatic rings. The molecule has 0 aromatic carbocycles. The van der Waals surface area contributed by atoms with Crippen molar-refractivity contribution in [3.8, 4) is 0 Å². The van der Waals surface area contributed by atoms with Crippen molar-refractivity contribution in [1.29, 1.82) is 0 Å². The monoisotopic (exact) mass is 276 g/mol. The highest BCUT2D eigenvalue weighted by molar-refractivity contribution is 5.83. The van der Waals surface area contributed by atoms with Gasteiger partial charge in [0.15, 0.2) is 0 Å². The van der Waals surface area contributed by atoms with E-state index in [0.717, 1.165) is 0 Å². The van der Waals surface area contributed by atoms with Crippen LogP contribution in [-0.2, 0) is 22.6 Å². The van der Waals surface area contributed by atoms with Crippen LogP contribution in [0.1, 0.15) is 12.1 Å². The molecule has 1 amide bonds. The van der Waals surface area contributed by atoms with Gasteiger partial charge in [-0.1, -0.05) is 0 Å². The van der Waals surface area contributed by atoms with Gasteiger partial charge in [-0.25, -0.2) is 9.78 Å². The Balaban J connectivity index is 1.84. The molecule has 3 N–H and O–H groups in total. The quantitative estimate of drug-likeness (QED) is 0.682. The molecule has 0 aliphatic heterocycles. The lowest BCUT2D eigenvalue weighted by atomic mass is 10.1. The average molecular weight is 276 g/mol. The molecule has 0 aliphatic carbocycles. The molecule has 2 heterocycles. The van der Waals surface area contributed by atoms with Crippen LogP contribution in [0.2, 0.25) is 0 Å². The van der Waals surface area contributed by atoms with E-state index in [4.69, 9.17) is 5.11 Å². The molecule has 1 atom stereocenters. The fourth-order valence-electron chi connectivity index (χ4n) is 1.83. The first-order valence-corrected chi connectivity index (χ1v) is 6.25. The summed E-state index contributed by atoms with van der Waals surface area (Å²) in [6.45, 7) is 0.523. The van der Waals surface area contributed by atoms with Crippen LogP contribution in [-0.4, -0.2) is 37.6 Å². The second-order valence-corrected chi connectivity index (χ2v) is 4.41. The number of carbonyl (C=O) groups excluding carboxylic acids is 1. The Labute approximate surface area is 115 Å². The van der Waals surface area contributed by atoms with Gasteiger partial charge in [0.1, 0.15) is 6.04 Å². The Morgan fingerprint density at radius 1 is 1.40 bits per heavy atom. The third-order valence-corrected chi connectivity index (χ3v) is 2.88. The first-order valence-electron chi connectivity index (χ1n) is 6.25. The van der Waals surface area contributed by atoms with Gasteiger partial charge in [0.05, 0.1) is 6.33 Å². The van der Waals surface area contributed by atoms with Crippen molar-refractivity contribution < 1.29 is 14.7 Å². The number of nitrogens with one attached hydrogen (secondary N) is 2. The number of imidazole rings is 1. The summed E-state index contributed by atoms with van der Waals surface area (Å²) in [5.74, 6) is -1.35. The van der Waals surface area contributed by atoms with Gasteiger partial charge < -0.3 is 20.0 Å². The molecule has 2 aromatic heterocycles. The molecule has 7 heteroatoms. The minimum atomic E-state index is -1.06. The van der Waals surface area contributed by atoms with Crippen LogP contribution in [0.15, 0.2) is 37.1 Å². The average Bonchev–Trinajstić information content (AvgIpc) is 3.08. The van der Waals surface area contributed by atoms with Crippen LogP contribution >= 0.6 is 0 Å². The normalized spacial score (nSPS) is 12.0. The van der Waals surface area contributed by atoms with E-state index in [1.165, 1.54) is 6.33 Å². The third-order valence-electron chi connectivity index (χ3n) is 2.88. The number of aliphatic carboxylic acids is 1. The van der Waals surface area contributed by atoms with Gasteiger partial charge in [-0.15, -0.1) is 0 Å². The second kappa shape index (κ2) is 6.55. The first kappa shape index (κ1) is 13.9. The van der Waals surface area contributed by atoms with Crippen molar-refractivity contribution in [2.24, 2.45) is 0 Å². The number of carboxylic acids is 1. The first-order chi connectivity index (χ1) is 9.65. The smallest absolute Gasteiger partial charge is 0.326 e. The van der Waals surface area contributed by atoms with Crippen molar-refractivity contribution >= 4 is 11.9 Å². The molecule has 0 saturated carbocycles. The Bertz CT molecular complexity index is 548. The molecular weight excluding hydrogens is 260 g/mol. The summed E-state index contributed by atoms with van der Waals surface area (Å²) in [5.41, 5.74) is 0.670. The predicted octanol–water partition coefficient (Wildman–Crippen LogP) is 0.413. The molecule has 0 fully saturated rings. The summed E-state index contributed by atoms with van der Waals surface area (Å²) in [6, 6.07) is 2.79. The van der Waals surface area contributed by atoms with Crippen LogP contribution in [0, 0.1) is 0 Å². The number of nitrogens with zero attached hydrogens (tertiary/aromatic N) is 2. The molecular formula is C13H16N4O3. The number of aromatic nitrogens is 3. The molecule has 106 valence electrons. The Hall–Kier alpha value is -2.57. The molecule has 2 aromatic rings. The van der Waals surface area contributed by atoms with E-state index >= 15 is 0 Å². The van der Waals surface area contributed by atoms with E-state index in [0.29, 0.717) is 12.2 Å². The number of aromatic amines is 1. The molecule has 20 heavy (non-hydrogen) atoms. The lowest BCUT2D eigenvalue weighted by Gasteiger charge is -2.13. The molecule has 0 spiro atoms. The van der Waals surface area contributed by atoms with Crippen molar-refractivity contribution in [3.63, 3.8) is 0 Å². The summed E-state index contributed by atoms with van der Waals surface area (Å²) in [5, 5.41) is 11.6. The lowest BCUT2D eigenvalue weighted by Crippen LogP contribution is -2.42. The van der Waals surface area contributed by atoms with Crippen molar-refractivity contribution in [2.75, 3.05) is 0 Å². The number of hydrogen-bond acceptors (Lipinski definition) is 3. The number of aryl methyl sites for hydroxylation is 1. The van der Waals surface area contributed by atoms with Crippen LogP contribution in [0.5, 0.6) is 0 Å². The molecule has 2 rings (SSSR count). The maximum Gasteiger partial charge on any atom is 0.326 e. The number of carboxylic acid groups (broad SMARTS) is 1. The lowest BCUT2D eigenvalue weighted by molar-refractivity contribution is -0.141. The number of hydrogen-bond donors (Lipinski definition) is 3. The highest BCUT2D eigenvalue weighted by Gasteiger charge is 2.20. The maximum absolute atomic E-state index is 11.8. The number of carbonyl (C=O) groups is 2. The summed E-state index contributed by atoms with van der Waals surface area (Å²) < 4.78 is 1.87. The van der Waals surface area contributed by atoms with Gasteiger partial charge in [-0.2, -0.15) is 0 Å².